The van der Waals surface area contributed by atoms with Crippen LogP contribution in [0.2, 0.25) is 0 Å². The summed E-state index contributed by atoms with van der Waals surface area (Å²) in [7, 11) is 0. The molecule has 2 aromatic carbocycles. The van der Waals surface area contributed by atoms with Crippen LogP contribution in [0.5, 0.6) is 11.5 Å². The second kappa shape index (κ2) is 11.0. The van der Waals surface area contributed by atoms with E-state index in [1.54, 1.807) is 6.07 Å². The molecule has 0 saturated heterocycles. The fourth-order valence-corrected chi connectivity index (χ4v) is 2.35. The molecule has 2 rings (SSSR count). The molecule has 156 valence electrons. The number of carbonyl (C=O) groups is 2. The molecule has 0 aliphatic carbocycles. The predicted octanol–water partition coefficient (Wildman–Crippen LogP) is 4.33. The summed E-state index contributed by atoms with van der Waals surface area (Å²) in [4.78, 5) is 24.1. The number of ether oxygens (including phenoxy) is 3. The lowest BCUT2D eigenvalue weighted by Crippen LogP contribution is -2.30. The first-order valence-corrected chi connectivity index (χ1v) is 9.09. The average molecular weight is 407 g/mol. The number of anilines is 1. The van der Waals surface area contributed by atoms with Crippen molar-refractivity contribution in [3.63, 3.8) is 0 Å². The third-order valence-corrected chi connectivity index (χ3v) is 3.85. The van der Waals surface area contributed by atoms with Crippen LogP contribution >= 0.6 is 0 Å². The number of hydrogen-bond acceptors (Lipinski definition) is 5. The van der Waals surface area contributed by atoms with Crippen molar-refractivity contribution in [2.24, 2.45) is 0 Å². The molecule has 6 nitrogen and oxygen atoms in total. The molecule has 1 N–H and O–H groups in total. The zero-order chi connectivity index (χ0) is 21.2. The van der Waals surface area contributed by atoms with Crippen molar-refractivity contribution in [3.8, 4) is 11.5 Å². The highest BCUT2D eigenvalue weighted by Gasteiger charge is 2.19. The molecule has 0 bridgehead atoms. The number of carbonyl (C=O) groups excluding carboxylic acids is 2. The third-order valence-electron chi connectivity index (χ3n) is 3.85. The summed E-state index contributed by atoms with van der Waals surface area (Å²) < 4.78 is 39.8. The van der Waals surface area contributed by atoms with E-state index in [0.29, 0.717) is 18.8 Å². The van der Waals surface area contributed by atoms with Gasteiger partial charge in [-0.05, 0) is 44.5 Å². The maximum atomic E-state index is 12.4. The minimum absolute atomic E-state index is 0.0622. The highest BCUT2D eigenvalue weighted by atomic mass is 19.3. The van der Waals surface area contributed by atoms with E-state index >= 15 is 0 Å². The maximum Gasteiger partial charge on any atom is 0.387 e. The molecular formula is C21H23F2NO5. The van der Waals surface area contributed by atoms with Crippen LogP contribution < -0.4 is 14.8 Å². The number of aryl methyl sites for hydroxylation is 1. The van der Waals surface area contributed by atoms with Gasteiger partial charge in [0.05, 0.1) is 12.3 Å². The number of rotatable bonds is 10. The van der Waals surface area contributed by atoms with Gasteiger partial charge in [0.15, 0.2) is 6.10 Å². The summed E-state index contributed by atoms with van der Waals surface area (Å²) >= 11 is 0. The Morgan fingerprint density at radius 3 is 2.45 bits per heavy atom. The van der Waals surface area contributed by atoms with Crippen molar-refractivity contribution >= 4 is 17.6 Å². The number of alkyl halides is 2. The van der Waals surface area contributed by atoms with Gasteiger partial charge in [-0.25, -0.2) is 0 Å². The van der Waals surface area contributed by atoms with Crippen molar-refractivity contribution in [2.75, 3.05) is 11.9 Å². The molecule has 0 aliphatic heterocycles. The van der Waals surface area contributed by atoms with Crippen LogP contribution in [0.3, 0.4) is 0 Å². The Balaban J connectivity index is 1.74. The van der Waals surface area contributed by atoms with Crippen LogP contribution in [0.25, 0.3) is 0 Å². The first kappa shape index (κ1) is 22.1. The molecule has 0 spiro atoms. The molecule has 29 heavy (non-hydrogen) atoms. The molecule has 1 amide bonds. The molecular weight excluding hydrogens is 384 g/mol. The van der Waals surface area contributed by atoms with E-state index in [0.717, 1.165) is 5.56 Å². The predicted molar refractivity (Wildman–Crippen MR) is 103 cm³/mol. The molecule has 0 heterocycles. The first-order valence-electron chi connectivity index (χ1n) is 9.09. The summed E-state index contributed by atoms with van der Waals surface area (Å²) in [5.74, 6) is -0.680. The fraction of sp³-hybridized carbons (Fsp3) is 0.333. The molecule has 0 radical (unpaired) electrons. The average Bonchev–Trinajstić information content (AvgIpc) is 2.67. The van der Waals surface area contributed by atoms with Gasteiger partial charge in [0.2, 0.25) is 0 Å². The van der Waals surface area contributed by atoms with E-state index < -0.39 is 24.6 Å². The largest absolute Gasteiger partial charge is 0.494 e. The summed E-state index contributed by atoms with van der Waals surface area (Å²) in [5, 5.41) is 2.42. The summed E-state index contributed by atoms with van der Waals surface area (Å²) in [5.41, 5.74) is 1.18. The quantitative estimate of drug-likeness (QED) is 0.469. The summed E-state index contributed by atoms with van der Waals surface area (Å²) in [6.45, 7) is 0.677. The number of amides is 1. The number of benzene rings is 2. The Kier molecular flexibility index (Phi) is 8.39. The normalized spacial score (nSPS) is 11.6. The lowest BCUT2D eigenvalue weighted by molar-refractivity contribution is -0.153. The number of para-hydroxylation sites is 2. The van der Waals surface area contributed by atoms with E-state index in [2.05, 4.69) is 10.1 Å². The second-order valence-corrected chi connectivity index (χ2v) is 6.26. The van der Waals surface area contributed by atoms with E-state index in [1.807, 2.05) is 31.2 Å². The highest BCUT2D eigenvalue weighted by molar-refractivity contribution is 5.96. The Hall–Kier alpha value is -3.16. The number of halogens is 2. The summed E-state index contributed by atoms with van der Waals surface area (Å²) in [6.07, 6.45) is -0.596. The lowest BCUT2D eigenvalue weighted by atomic mass is 10.2. The minimum Gasteiger partial charge on any atom is -0.494 e. The zero-order valence-electron chi connectivity index (χ0n) is 16.2. The first-order chi connectivity index (χ1) is 13.8. The van der Waals surface area contributed by atoms with Gasteiger partial charge in [0.25, 0.3) is 5.91 Å². The van der Waals surface area contributed by atoms with Crippen LogP contribution in [0, 0.1) is 6.92 Å². The van der Waals surface area contributed by atoms with Crippen molar-refractivity contribution in [1.29, 1.82) is 0 Å². The molecule has 1 atom stereocenters. The smallest absolute Gasteiger partial charge is 0.387 e. The lowest BCUT2D eigenvalue weighted by Gasteiger charge is -2.15. The number of hydrogen-bond donors (Lipinski definition) is 1. The SMILES string of the molecule is Cc1ccc(OCCCC(=O)OC(C)C(=O)Nc2ccccc2OC(F)F)cc1. The van der Waals surface area contributed by atoms with Gasteiger partial charge in [-0.3, -0.25) is 9.59 Å². The molecule has 1 unspecified atom stereocenters. The molecule has 0 aliphatic rings. The zero-order valence-corrected chi connectivity index (χ0v) is 16.2. The Bertz CT molecular complexity index is 811. The van der Waals surface area contributed by atoms with Crippen LogP contribution in [-0.2, 0) is 14.3 Å². The third kappa shape index (κ3) is 7.77. The molecule has 8 heteroatoms. The van der Waals surface area contributed by atoms with Crippen LogP contribution in [0.15, 0.2) is 48.5 Å². The van der Waals surface area contributed by atoms with E-state index in [4.69, 9.17) is 9.47 Å². The van der Waals surface area contributed by atoms with Crippen molar-refractivity contribution in [3.05, 3.63) is 54.1 Å². The van der Waals surface area contributed by atoms with Gasteiger partial charge in [0, 0.05) is 6.42 Å². The van der Waals surface area contributed by atoms with Gasteiger partial charge in [-0.1, -0.05) is 29.8 Å². The monoisotopic (exact) mass is 407 g/mol. The van der Waals surface area contributed by atoms with Gasteiger partial charge in [0.1, 0.15) is 11.5 Å². The Labute approximate surface area is 167 Å². The highest BCUT2D eigenvalue weighted by Crippen LogP contribution is 2.25. The van der Waals surface area contributed by atoms with Crippen molar-refractivity contribution in [2.45, 2.75) is 39.4 Å². The Morgan fingerprint density at radius 1 is 1.07 bits per heavy atom. The van der Waals surface area contributed by atoms with Gasteiger partial charge in [-0.15, -0.1) is 0 Å². The second-order valence-electron chi connectivity index (χ2n) is 6.26. The van der Waals surface area contributed by atoms with E-state index in [1.165, 1.54) is 25.1 Å². The maximum absolute atomic E-state index is 12.4. The van der Waals surface area contributed by atoms with Crippen LogP contribution in [0.4, 0.5) is 14.5 Å². The van der Waals surface area contributed by atoms with Gasteiger partial charge in [-0.2, -0.15) is 8.78 Å². The molecule has 0 fully saturated rings. The minimum atomic E-state index is -3.02. The number of esters is 1. The number of nitrogens with one attached hydrogen (secondary N) is 1. The van der Waals surface area contributed by atoms with E-state index in [-0.39, 0.29) is 17.9 Å². The topological polar surface area (TPSA) is 73.9 Å². The molecule has 0 aromatic heterocycles. The Morgan fingerprint density at radius 2 is 1.76 bits per heavy atom. The van der Waals surface area contributed by atoms with Crippen molar-refractivity contribution in [1.82, 2.24) is 0 Å². The fourth-order valence-electron chi connectivity index (χ4n) is 2.35. The van der Waals surface area contributed by atoms with Crippen LogP contribution in [-0.4, -0.2) is 31.2 Å². The summed E-state index contributed by atoms with van der Waals surface area (Å²) in [6, 6.07) is 13.3. The standard InChI is InChI=1S/C21H23F2NO5/c1-14-9-11-16(12-10-14)27-13-5-8-19(25)28-15(2)20(26)24-17-6-3-4-7-18(17)29-21(22)23/h3-4,6-7,9-12,15,21H,5,8,13H2,1-2H3,(H,24,26). The van der Waals surface area contributed by atoms with Gasteiger partial charge < -0.3 is 19.5 Å². The van der Waals surface area contributed by atoms with Gasteiger partial charge >= 0.3 is 12.6 Å². The van der Waals surface area contributed by atoms with Crippen LogP contribution in [0.1, 0.15) is 25.3 Å². The van der Waals surface area contributed by atoms with Crippen molar-refractivity contribution < 1.29 is 32.6 Å². The molecule has 0 saturated carbocycles. The molecule has 2 aromatic rings. The van der Waals surface area contributed by atoms with E-state index in [9.17, 15) is 18.4 Å².